The molecule has 0 spiro atoms. The summed E-state index contributed by atoms with van der Waals surface area (Å²) in [6.45, 7) is 8.34. The van der Waals surface area contributed by atoms with Gasteiger partial charge < -0.3 is 15.6 Å². The highest BCUT2D eigenvalue weighted by Crippen LogP contribution is 2.27. The molecule has 0 heterocycles. The van der Waals surface area contributed by atoms with Gasteiger partial charge in [-0.3, -0.25) is 4.79 Å². The van der Waals surface area contributed by atoms with E-state index in [4.69, 9.17) is 15.6 Å². The van der Waals surface area contributed by atoms with E-state index in [0.717, 1.165) is 5.56 Å². The van der Waals surface area contributed by atoms with Crippen molar-refractivity contribution in [1.82, 2.24) is 0 Å². The zero-order valence-electron chi connectivity index (χ0n) is 11.4. The maximum atomic E-state index is 10.6. The molecule has 1 unspecified atom stereocenters. The summed E-state index contributed by atoms with van der Waals surface area (Å²) in [5.74, 6) is -0.376. The van der Waals surface area contributed by atoms with Gasteiger partial charge in [0, 0.05) is 0 Å². The van der Waals surface area contributed by atoms with E-state index in [1.807, 2.05) is 19.1 Å². The maximum absolute atomic E-state index is 10.6. The molecule has 0 aliphatic rings. The lowest BCUT2D eigenvalue weighted by Crippen LogP contribution is -2.36. The normalized spacial score (nSPS) is 13.2. The van der Waals surface area contributed by atoms with Crippen molar-refractivity contribution < 1.29 is 14.6 Å². The van der Waals surface area contributed by atoms with E-state index in [0.29, 0.717) is 5.75 Å². The fourth-order valence-corrected chi connectivity index (χ4v) is 1.53. The van der Waals surface area contributed by atoms with Crippen LogP contribution >= 0.6 is 0 Å². The monoisotopic (exact) mass is 251 g/mol. The molecular formula is C14H21NO3. The Hall–Kier alpha value is -1.55. The highest BCUT2D eigenvalue weighted by Gasteiger charge is 2.16. The summed E-state index contributed by atoms with van der Waals surface area (Å²) in [7, 11) is 0. The number of nitrogens with two attached hydrogens (primary N) is 1. The van der Waals surface area contributed by atoms with E-state index in [2.05, 4.69) is 26.8 Å². The van der Waals surface area contributed by atoms with E-state index in [1.54, 1.807) is 0 Å². The number of rotatable bonds is 4. The molecule has 0 saturated carbocycles. The minimum absolute atomic E-state index is 0.0228. The Morgan fingerprint density at radius 3 is 2.50 bits per heavy atom. The highest BCUT2D eigenvalue weighted by molar-refractivity contribution is 5.73. The van der Waals surface area contributed by atoms with Gasteiger partial charge in [0.1, 0.15) is 18.4 Å². The molecule has 0 radical (unpaired) electrons. The van der Waals surface area contributed by atoms with Crippen LogP contribution in [0, 0.1) is 6.92 Å². The number of aliphatic carboxylic acids is 1. The quantitative estimate of drug-likeness (QED) is 0.859. The summed E-state index contributed by atoms with van der Waals surface area (Å²) in [6.07, 6.45) is 0. The Kier molecular flexibility index (Phi) is 4.35. The Balaban J connectivity index is 2.78. The van der Waals surface area contributed by atoms with Crippen LogP contribution in [0.1, 0.15) is 31.9 Å². The van der Waals surface area contributed by atoms with Crippen LogP contribution in [-0.2, 0) is 10.2 Å². The average molecular weight is 251 g/mol. The second-order valence-corrected chi connectivity index (χ2v) is 5.49. The molecule has 18 heavy (non-hydrogen) atoms. The van der Waals surface area contributed by atoms with Gasteiger partial charge in [0.2, 0.25) is 0 Å². The predicted octanol–water partition coefficient (Wildman–Crippen LogP) is 2.08. The summed E-state index contributed by atoms with van der Waals surface area (Å²) >= 11 is 0. The van der Waals surface area contributed by atoms with Crippen LogP contribution in [0.4, 0.5) is 0 Å². The lowest BCUT2D eigenvalue weighted by Gasteiger charge is -2.21. The summed E-state index contributed by atoms with van der Waals surface area (Å²) in [4.78, 5) is 10.6. The molecular weight excluding hydrogens is 230 g/mol. The van der Waals surface area contributed by atoms with Crippen LogP contribution in [0.3, 0.4) is 0 Å². The number of benzene rings is 1. The minimum Gasteiger partial charge on any atom is -0.491 e. The van der Waals surface area contributed by atoms with Crippen molar-refractivity contribution >= 4 is 5.97 Å². The van der Waals surface area contributed by atoms with Gasteiger partial charge in [-0.25, -0.2) is 0 Å². The number of carboxylic acid groups (broad SMARTS) is 1. The number of aryl methyl sites for hydroxylation is 1. The SMILES string of the molecule is Cc1cc(C(C)(C)C)ccc1OCC(N)C(=O)O. The van der Waals surface area contributed by atoms with Crippen molar-refractivity contribution in [3.05, 3.63) is 29.3 Å². The van der Waals surface area contributed by atoms with Gasteiger partial charge in [-0.1, -0.05) is 32.9 Å². The molecule has 0 saturated heterocycles. The number of hydrogen-bond donors (Lipinski definition) is 2. The fraction of sp³-hybridized carbons (Fsp3) is 0.500. The zero-order valence-corrected chi connectivity index (χ0v) is 11.4. The van der Waals surface area contributed by atoms with Crippen LogP contribution in [0.2, 0.25) is 0 Å². The first-order chi connectivity index (χ1) is 8.21. The van der Waals surface area contributed by atoms with Crippen LogP contribution in [-0.4, -0.2) is 23.7 Å². The molecule has 1 aromatic carbocycles. The molecule has 100 valence electrons. The summed E-state index contributed by atoms with van der Waals surface area (Å²) in [5, 5.41) is 8.68. The Morgan fingerprint density at radius 1 is 1.44 bits per heavy atom. The molecule has 3 N–H and O–H groups in total. The lowest BCUT2D eigenvalue weighted by molar-refractivity contribution is -0.139. The standard InChI is InChI=1S/C14H21NO3/c1-9-7-10(14(2,3)4)5-6-12(9)18-8-11(15)13(16)17/h5-7,11H,8,15H2,1-4H3,(H,16,17). The Morgan fingerprint density at radius 2 is 2.06 bits per heavy atom. The first-order valence-electron chi connectivity index (χ1n) is 5.94. The predicted molar refractivity (Wildman–Crippen MR) is 71.0 cm³/mol. The van der Waals surface area contributed by atoms with Gasteiger partial charge in [0.15, 0.2) is 0 Å². The second kappa shape index (κ2) is 5.40. The molecule has 4 heteroatoms. The topological polar surface area (TPSA) is 72.5 Å². The van der Waals surface area contributed by atoms with Crippen LogP contribution in [0.25, 0.3) is 0 Å². The number of carbonyl (C=O) groups is 1. The molecule has 0 aliphatic carbocycles. The molecule has 4 nitrogen and oxygen atoms in total. The summed E-state index contributed by atoms with van der Waals surface area (Å²) in [5.41, 5.74) is 7.68. The molecule has 1 rings (SSSR count). The first-order valence-corrected chi connectivity index (χ1v) is 5.94. The van der Waals surface area contributed by atoms with Crippen molar-refractivity contribution in [3.63, 3.8) is 0 Å². The zero-order chi connectivity index (χ0) is 13.9. The number of hydrogen-bond acceptors (Lipinski definition) is 3. The molecule has 0 fully saturated rings. The van der Waals surface area contributed by atoms with Gasteiger partial charge in [-0.2, -0.15) is 0 Å². The van der Waals surface area contributed by atoms with Gasteiger partial charge in [0.25, 0.3) is 0 Å². The van der Waals surface area contributed by atoms with E-state index in [1.165, 1.54) is 5.56 Å². The van der Waals surface area contributed by atoms with E-state index in [9.17, 15) is 4.79 Å². The summed E-state index contributed by atoms with van der Waals surface area (Å²) < 4.78 is 5.42. The Bertz CT molecular complexity index is 435. The maximum Gasteiger partial charge on any atom is 0.324 e. The average Bonchev–Trinajstić information content (AvgIpc) is 2.25. The van der Waals surface area contributed by atoms with E-state index >= 15 is 0 Å². The van der Waals surface area contributed by atoms with Gasteiger partial charge in [-0.15, -0.1) is 0 Å². The van der Waals surface area contributed by atoms with Gasteiger partial charge in [-0.05, 0) is 29.5 Å². The summed E-state index contributed by atoms with van der Waals surface area (Å²) in [6, 6.07) is 4.92. The van der Waals surface area contributed by atoms with Crippen molar-refractivity contribution in [3.8, 4) is 5.75 Å². The second-order valence-electron chi connectivity index (χ2n) is 5.49. The third-order valence-corrected chi connectivity index (χ3v) is 2.78. The van der Waals surface area contributed by atoms with Crippen molar-refractivity contribution in [2.24, 2.45) is 5.73 Å². The third kappa shape index (κ3) is 3.74. The fourth-order valence-electron chi connectivity index (χ4n) is 1.53. The molecule has 0 amide bonds. The van der Waals surface area contributed by atoms with Crippen LogP contribution in [0.15, 0.2) is 18.2 Å². The van der Waals surface area contributed by atoms with Gasteiger partial charge in [0.05, 0.1) is 0 Å². The van der Waals surface area contributed by atoms with Crippen LogP contribution < -0.4 is 10.5 Å². The van der Waals surface area contributed by atoms with Crippen molar-refractivity contribution in [2.45, 2.75) is 39.2 Å². The smallest absolute Gasteiger partial charge is 0.324 e. The van der Waals surface area contributed by atoms with E-state index < -0.39 is 12.0 Å². The third-order valence-electron chi connectivity index (χ3n) is 2.78. The molecule has 1 atom stereocenters. The first kappa shape index (κ1) is 14.5. The van der Waals surface area contributed by atoms with Crippen LogP contribution in [0.5, 0.6) is 5.75 Å². The largest absolute Gasteiger partial charge is 0.491 e. The molecule has 0 bridgehead atoms. The lowest BCUT2D eigenvalue weighted by atomic mass is 9.86. The highest BCUT2D eigenvalue weighted by atomic mass is 16.5. The molecule has 0 aliphatic heterocycles. The number of carboxylic acids is 1. The Labute approximate surface area is 108 Å². The van der Waals surface area contributed by atoms with E-state index in [-0.39, 0.29) is 12.0 Å². The van der Waals surface area contributed by atoms with Crippen molar-refractivity contribution in [1.29, 1.82) is 0 Å². The van der Waals surface area contributed by atoms with Gasteiger partial charge >= 0.3 is 5.97 Å². The number of ether oxygens (including phenoxy) is 1. The molecule has 1 aromatic rings. The minimum atomic E-state index is -1.06. The molecule has 0 aromatic heterocycles. The van der Waals surface area contributed by atoms with Crippen molar-refractivity contribution in [2.75, 3.05) is 6.61 Å².